The van der Waals surface area contributed by atoms with Gasteiger partial charge in [0.2, 0.25) is 5.91 Å². The van der Waals surface area contributed by atoms with Crippen LogP contribution in [0.15, 0.2) is 30.3 Å². The number of rotatable bonds is 3. The van der Waals surface area contributed by atoms with E-state index in [0.29, 0.717) is 5.56 Å². The van der Waals surface area contributed by atoms with E-state index in [1.54, 1.807) is 24.3 Å². The number of amides is 1. The minimum absolute atomic E-state index is 0.0959. The predicted molar refractivity (Wildman–Crippen MR) is 63.3 cm³/mol. The highest BCUT2D eigenvalue weighted by atomic mass is 16.2. The highest BCUT2D eigenvalue weighted by Crippen LogP contribution is 2.05. The molecule has 86 valence electrons. The first kappa shape index (κ1) is 12.4. The number of carbonyl (C=O) groups is 2. The summed E-state index contributed by atoms with van der Waals surface area (Å²) in [4.78, 5) is 23.2. The summed E-state index contributed by atoms with van der Waals surface area (Å²) >= 11 is 0. The van der Waals surface area contributed by atoms with Crippen LogP contribution in [0.2, 0.25) is 0 Å². The smallest absolute Gasteiger partial charge is 0.228 e. The van der Waals surface area contributed by atoms with Gasteiger partial charge in [-0.15, -0.1) is 0 Å². The van der Waals surface area contributed by atoms with Gasteiger partial charge >= 0.3 is 0 Å². The van der Waals surface area contributed by atoms with E-state index >= 15 is 0 Å². The molecule has 0 heterocycles. The first-order valence-electron chi connectivity index (χ1n) is 5.28. The predicted octanol–water partition coefficient (Wildman–Crippen LogP) is 2.17. The van der Waals surface area contributed by atoms with E-state index in [4.69, 9.17) is 0 Å². The quantitative estimate of drug-likeness (QED) is 0.625. The summed E-state index contributed by atoms with van der Waals surface area (Å²) in [5.74, 6) is -0.385. The van der Waals surface area contributed by atoms with Gasteiger partial charge < -0.3 is 5.32 Å². The standard InChI is InChI=1S/C13H17NO2/c1-13(2,3)14-12(16)9-11(15)10-7-5-4-6-8-10/h4-8H,9H2,1-3H3,(H,14,16). The van der Waals surface area contributed by atoms with Crippen molar-refractivity contribution in [2.24, 2.45) is 0 Å². The lowest BCUT2D eigenvalue weighted by Gasteiger charge is -2.20. The lowest BCUT2D eigenvalue weighted by Crippen LogP contribution is -2.41. The van der Waals surface area contributed by atoms with Crippen LogP contribution in [-0.4, -0.2) is 17.2 Å². The van der Waals surface area contributed by atoms with Crippen molar-refractivity contribution < 1.29 is 9.59 Å². The van der Waals surface area contributed by atoms with E-state index in [1.165, 1.54) is 0 Å². The summed E-state index contributed by atoms with van der Waals surface area (Å²) in [5.41, 5.74) is 0.278. The zero-order valence-electron chi connectivity index (χ0n) is 9.91. The Morgan fingerprint density at radius 2 is 1.69 bits per heavy atom. The van der Waals surface area contributed by atoms with Crippen LogP contribution in [0.5, 0.6) is 0 Å². The fourth-order valence-electron chi connectivity index (χ4n) is 1.33. The van der Waals surface area contributed by atoms with Crippen LogP contribution in [0.25, 0.3) is 0 Å². The zero-order valence-corrected chi connectivity index (χ0v) is 9.91. The molecule has 1 amide bonds. The lowest BCUT2D eigenvalue weighted by atomic mass is 10.1. The summed E-state index contributed by atoms with van der Waals surface area (Å²) in [6.45, 7) is 5.66. The first-order chi connectivity index (χ1) is 7.38. The molecule has 0 spiro atoms. The molecule has 16 heavy (non-hydrogen) atoms. The Kier molecular flexibility index (Phi) is 3.82. The van der Waals surface area contributed by atoms with Crippen LogP contribution >= 0.6 is 0 Å². The van der Waals surface area contributed by atoms with Crippen molar-refractivity contribution in [1.82, 2.24) is 5.32 Å². The average Bonchev–Trinajstić information content (AvgIpc) is 2.16. The SMILES string of the molecule is CC(C)(C)NC(=O)CC(=O)c1ccccc1. The van der Waals surface area contributed by atoms with Crippen LogP contribution in [0.3, 0.4) is 0 Å². The van der Waals surface area contributed by atoms with E-state index in [0.717, 1.165) is 0 Å². The van der Waals surface area contributed by atoms with Crippen molar-refractivity contribution in [3.8, 4) is 0 Å². The van der Waals surface area contributed by atoms with E-state index in [9.17, 15) is 9.59 Å². The van der Waals surface area contributed by atoms with Crippen molar-refractivity contribution >= 4 is 11.7 Å². The molecular formula is C13H17NO2. The Hall–Kier alpha value is -1.64. The minimum atomic E-state index is -0.298. The van der Waals surface area contributed by atoms with Gasteiger partial charge in [-0.05, 0) is 20.8 Å². The van der Waals surface area contributed by atoms with Crippen LogP contribution < -0.4 is 5.32 Å². The Balaban J connectivity index is 2.56. The number of carbonyl (C=O) groups excluding carboxylic acids is 2. The number of hydrogen-bond donors (Lipinski definition) is 1. The Bertz CT molecular complexity index is 377. The van der Waals surface area contributed by atoms with Gasteiger partial charge in [-0.2, -0.15) is 0 Å². The summed E-state index contributed by atoms with van der Waals surface area (Å²) in [5, 5.41) is 2.76. The summed E-state index contributed by atoms with van der Waals surface area (Å²) < 4.78 is 0. The largest absolute Gasteiger partial charge is 0.351 e. The van der Waals surface area contributed by atoms with Crippen molar-refractivity contribution in [3.05, 3.63) is 35.9 Å². The van der Waals surface area contributed by atoms with Crippen molar-refractivity contribution in [3.63, 3.8) is 0 Å². The molecule has 0 bridgehead atoms. The third-order valence-electron chi connectivity index (χ3n) is 1.93. The Morgan fingerprint density at radius 1 is 1.12 bits per heavy atom. The summed E-state index contributed by atoms with van der Waals surface area (Å²) in [6.07, 6.45) is -0.0959. The molecule has 1 rings (SSSR count). The lowest BCUT2D eigenvalue weighted by molar-refractivity contribution is -0.121. The molecule has 0 aromatic heterocycles. The van der Waals surface area contributed by atoms with Gasteiger partial charge in [0.1, 0.15) is 0 Å². The topological polar surface area (TPSA) is 46.2 Å². The van der Waals surface area contributed by atoms with Crippen LogP contribution in [0.1, 0.15) is 37.6 Å². The maximum Gasteiger partial charge on any atom is 0.228 e. The molecule has 1 aromatic carbocycles. The summed E-state index contributed by atoms with van der Waals surface area (Å²) in [6, 6.07) is 8.84. The average molecular weight is 219 g/mol. The molecule has 1 aromatic rings. The van der Waals surface area contributed by atoms with Gasteiger partial charge in [-0.25, -0.2) is 0 Å². The van der Waals surface area contributed by atoms with Gasteiger partial charge in [0.15, 0.2) is 5.78 Å². The van der Waals surface area contributed by atoms with Crippen LogP contribution in [-0.2, 0) is 4.79 Å². The van der Waals surface area contributed by atoms with Gasteiger partial charge in [-0.3, -0.25) is 9.59 Å². The van der Waals surface area contributed by atoms with E-state index in [2.05, 4.69) is 5.32 Å². The number of Topliss-reactive ketones (excluding diaryl/α,β-unsaturated/α-hetero) is 1. The number of ketones is 1. The van der Waals surface area contributed by atoms with E-state index < -0.39 is 0 Å². The van der Waals surface area contributed by atoms with Gasteiger partial charge in [0.05, 0.1) is 6.42 Å². The highest BCUT2D eigenvalue weighted by molar-refractivity contribution is 6.07. The molecular weight excluding hydrogens is 202 g/mol. The molecule has 0 atom stereocenters. The number of benzene rings is 1. The van der Waals surface area contributed by atoms with E-state index in [-0.39, 0.29) is 23.7 Å². The molecule has 0 aliphatic rings. The highest BCUT2D eigenvalue weighted by Gasteiger charge is 2.17. The van der Waals surface area contributed by atoms with Crippen molar-refractivity contribution in [2.75, 3.05) is 0 Å². The second-order valence-electron chi connectivity index (χ2n) is 4.76. The van der Waals surface area contributed by atoms with E-state index in [1.807, 2.05) is 26.8 Å². The van der Waals surface area contributed by atoms with Gasteiger partial charge in [0.25, 0.3) is 0 Å². The molecule has 0 saturated carbocycles. The molecule has 0 saturated heterocycles. The second-order valence-corrected chi connectivity index (χ2v) is 4.76. The third-order valence-corrected chi connectivity index (χ3v) is 1.93. The molecule has 0 aliphatic heterocycles. The minimum Gasteiger partial charge on any atom is -0.351 e. The molecule has 3 nitrogen and oxygen atoms in total. The second kappa shape index (κ2) is 4.92. The fraction of sp³-hybridized carbons (Fsp3) is 0.385. The molecule has 3 heteroatoms. The normalized spacial score (nSPS) is 10.9. The molecule has 1 N–H and O–H groups in total. The number of hydrogen-bond acceptors (Lipinski definition) is 2. The maximum absolute atomic E-state index is 11.7. The van der Waals surface area contributed by atoms with Crippen molar-refractivity contribution in [2.45, 2.75) is 32.7 Å². The number of nitrogens with one attached hydrogen (secondary N) is 1. The van der Waals surface area contributed by atoms with Crippen LogP contribution in [0.4, 0.5) is 0 Å². The fourth-order valence-corrected chi connectivity index (χ4v) is 1.33. The Morgan fingerprint density at radius 3 is 2.19 bits per heavy atom. The molecule has 0 radical (unpaired) electrons. The zero-order chi connectivity index (χ0) is 12.2. The van der Waals surface area contributed by atoms with Gasteiger partial charge in [0, 0.05) is 11.1 Å². The Labute approximate surface area is 95.9 Å². The monoisotopic (exact) mass is 219 g/mol. The van der Waals surface area contributed by atoms with Crippen molar-refractivity contribution in [1.29, 1.82) is 0 Å². The van der Waals surface area contributed by atoms with Gasteiger partial charge in [-0.1, -0.05) is 30.3 Å². The molecule has 0 unspecified atom stereocenters. The first-order valence-corrected chi connectivity index (χ1v) is 5.28. The maximum atomic E-state index is 11.7. The van der Waals surface area contributed by atoms with Crippen LogP contribution in [0, 0.1) is 0 Å². The third kappa shape index (κ3) is 4.26. The molecule has 0 fully saturated rings. The molecule has 0 aliphatic carbocycles. The summed E-state index contributed by atoms with van der Waals surface area (Å²) in [7, 11) is 0.